The van der Waals surface area contributed by atoms with Gasteiger partial charge in [0.15, 0.2) is 5.65 Å². The minimum absolute atomic E-state index is 0.285. The molecule has 2 aromatic carbocycles. The van der Waals surface area contributed by atoms with Gasteiger partial charge in [0.25, 0.3) is 5.91 Å². The normalized spacial score (nSPS) is 10.8. The SMILES string of the molecule is COCCOc1cccc(NC(=O)c2cnn3c(-c4ccccc4)ccnc23)c1. The van der Waals surface area contributed by atoms with Crippen LogP contribution in [0.3, 0.4) is 0 Å². The Balaban J connectivity index is 1.58. The van der Waals surface area contributed by atoms with Crippen LogP contribution in [-0.2, 0) is 4.74 Å². The molecular formula is C22H20N4O3. The fraction of sp³-hybridized carbons (Fsp3) is 0.136. The molecule has 0 saturated carbocycles. The molecule has 0 aliphatic carbocycles. The minimum Gasteiger partial charge on any atom is -0.491 e. The Labute approximate surface area is 167 Å². The summed E-state index contributed by atoms with van der Waals surface area (Å²) < 4.78 is 12.2. The Bertz CT molecular complexity index is 1130. The van der Waals surface area contributed by atoms with Gasteiger partial charge < -0.3 is 14.8 Å². The molecule has 146 valence electrons. The molecule has 29 heavy (non-hydrogen) atoms. The van der Waals surface area contributed by atoms with Gasteiger partial charge in [-0.25, -0.2) is 9.50 Å². The molecule has 4 rings (SSSR count). The van der Waals surface area contributed by atoms with Crippen molar-refractivity contribution < 1.29 is 14.3 Å². The predicted octanol–water partition coefficient (Wildman–Crippen LogP) is 3.67. The lowest BCUT2D eigenvalue weighted by Crippen LogP contribution is -2.12. The summed E-state index contributed by atoms with van der Waals surface area (Å²) in [5.74, 6) is 0.371. The lowest BCUT2D eigenvalue weighted by Gasteiger charge is -2.09. The van der Waals surface area contributed by atoms with E-state index in [2.05, 4.69) is 15.4 Å². The summed E-state index contributed by atoms with van der Waals surface area (Å²) in [6.45, 7) is 0.933. The molecule has 0 aliphatic rings. The molecule has 0 fully saturated rings. The van der Waals surface area contributed by atoms with Crippen molar-refractivity contribution >= 4 is 17.2 Å². The van der Waals surface area contributed by atoms with Gasteiger partial charge in [0.2, 0.25) is 0 Å². The number of nitrogens with one attached hydrogen (secondary N) is 1. The second-order valence-electron chi connectivity index (χ2n) is 6.31. The Kier molecular flexibility index (Phi) is 5.49. The summed E-state index contributed by atoms with van der Waals surface area (Å²) in [6.07, 6.45) is 3.21. The van der Waals surface area contributed by atoms with Crippen molar-refractivity contribution in [3.8, 4) is 17.0 Å². The number of carbonyl (C=O) groups excluding carboxylic acids is 1. The molecule has 0 atom stereocenters. The van der Waals surface area contributed by atoms with E-state index in [-0.39, 0.29) is 5.91 Å². The van der Waals surface area contributed by atoms with Crippen molar-refractivity contribution in [1.29, 1.82) is 0 Å². The number of carbonyl (C=O) groups is 1. The van der Waals surface area contributed by atoms with Crippen molar-refractivity contribution in [3.05, 3.63) is 78.6 Å². The monoisotopic (exact) mass is 388 g/mol. The van der Waals surface area contributed by atoms with Crippen molar-refractivity contribution in [2.45, 2.75) is 0 Å². The zero-order chi connectivity index (χ0) is 20.1. The van der Waals surface area contributed by atoms with Gasteiger partial charge in [-0.05, 0) is 18.2 Å². The van der Waals surface area contributed by atoms with E-state index in [1.807, 2.05) is 48.5 Å². The van der Waals surface area contributed by atoms with Crippen molar-refractivity contribution in [3.63, 3.8) is 0 Å². The third-order valence-corrected chi connectivity index (χ3v) is 4.36. The molecule has 7 heteroatoms. The van der Waals surface area contributed by atoms with Gasteiger partial charge in [0.05, 0.1) is 18.5 Å². The molecular weight excluding hydrogens is 368 g/mol. The molecule has 2 aromatic heterocycles. The highest BCUT2D eigenvalue weighted by Crippen LogP contribution is 2.22. The molecule has 0 saturated heterocycles. The quantitative estimate of drug-likeness (QED) is 0.489. The Morgan fingerprint density at radius 3 is 2.76 bits per heavy atom. The zero-order valence-corrected chi connectivity index (χ0v) is 15.9. The number of methoxy groups -OCH3 is 1. The Hall–Kier alpha value is -3.71. The van der Waals surface area contributed by atoms with E-state index in [9.17, 15) is 4.79 Å². The maximum absolute atomic E-state index is 12.8. The maximum atomic E-state index is 12.8. The molecule has 0 unspecified atom stereocenters. The lowest BCUT2D eigenvalue weighted by molar-refractivity contribution is 0.102. The van der Waals surface area contributed by atoms with E-state index < -0.39 is 0 Å². The number of hydrogen-bond acceptors (Lipinski definition) is 5. The van der Waals surface area contributed by atoms with Gasteiger partial charge in [-0.1, -0.05) is 36.4 Å². The largest absolute Gasteiger partial charge is 0.491 e. The number of nitrogens with zero attached hydrogens (tertiary/aromatic N) is 3. The van der Waals surface area contributed by atoms with Crippen LogP contribution in [0.1, 0.15) is 10.4 Å². The van der Waals surface area contributed by atoms with E-state index >= 15 is 0 Å². The minimum atomic E-state index is -0.285. The smallest absolute Gasteiger partial charge is 0.261 e. The van der Waals surface area contributed by atoms with Crippen LogP contribution < -0.4 is 10.1 Å². The first-order valence-corrected chi connectivity index (χ1v) is 9.17. The summed E-state index contributed by atoms with van der Waals surface area (Å²) in [6, 6.07) is 18.9. The first-order chi connectivity index (χ1) is 14.3. The van der Waals surface area contributed by atoms with Crippen LogP contribution in [0.15, 0.2) is 73.1 Å². The summed E-state index contributed by atoms with van der Waals surface area (Å²) in [5.41, 5.74) is 3.38. The van der Waals surface area contributed by atoms with E-state index in [4.69, 9.17) is 9.47 Å². The Morgan fingerprint density at radius 1 is 1.07 bits per heavy atom. The standard InChI is InChI=1S/C22H20N4O3/c1-28-12-13-29-18-9-5-8-17(14-18)25-22(27)19-15-24-26-20(10-11-23-21(19)26)16-6-3-2-4-7-16/h2-11,14-15H,12-13H2,1H3,(H,25,27). The number of aromatic nitrogens is 3. The average Bonchev–Trinajstić information content (AvgIpc) is 3.19. The molecule has 1 amide bonds. The number of ether oxygens (including phenoxy) is 2. The van der Waals surface area contributed by atoms with E-state index in [1.54, 1.807) is 30.0 Å². The van der Waals surface area contributed by atoms with E-state index in [0.29, 0.717) is 35.9 Å². The first-order valence-electron chi connectivity index (χ1n) is 9.17. The molecule has 1 N–H and O–H groups in total. The molecule has 0 bridgehead atoms. The fourth-order valence-electron chi connectivity index (χ4n) is 2.98. The fourth-order valence-corrected chi connectivity index (χ4v) is 2.98. The molecule has 2 heterocycles. The molecule has 0 aliphatic heterocycles. The third-order valence-electron chi connectivity index (χ3n) is 4.36. The third kappa shape index (κ3) is 4.09. The lowest BCUT2D eigenvalue weighted by atomic mass is 10.1. The van der Waals surface area contributed by atoms with Crippen LogP contribution in [-0.4, -0.2) is 40.8 Å². The predicted molar refractivity (Wildman–Crippen MR) is 110 cm³/mol. The Morgan fingerprint density at radius 2 is 1.93 bits per heavy atom. The first kappa shape index (κ1) is 18.6. The number of benzene rings is 2. The second-order valence-corrected chi connectivity index (χ2v) is 6.31. The molecule has 0 spiro atoms. The number of anilines is 1. The van der Waals surface area contributed by atoms with Crippen LogP contribution in [0.2, 0.25) is 0 Å². The van der Waals surface area contributed by atoms with Crippen LogP contribution in [0.5, 0.6) is 5.75 Å². The number of hydrogen-bond donors (Lipinski definition) is 1. The van der Waals surface area contributed by atoms with Gasteiger partial charge in [-0.3, -0.25) is 4.79 Å². The van der Waals surface area contributed by atoms with Crippen LogP contribution in [0.4, 0.5) is 5.69 Å². The van der Waals surface area contributed by atoms with Crippen molar-refractivity contribution in [1.82, 2.24) is 14.6 Å². The van der Waals surface area contributed by atoms with Gasteiger partial charge in [0.1, 0.15) is 17.9 Å². The number of fused-ring (bicyclic) bond motifs is 1. The zero-order valence-electron chi connectivity index (χ0n) is 15.9. The van der Waals surface area contributed by atoms with Gasteiger partial charge in [-0.2, -0.15) is 5.10 Å². The maximum Gasteiger partial charge on any atom is 0.261 e. The van der Waals surface area contributed by atoms with Crippen LogP contribution in [0, 0.1) is 0 Å². The van der Waals surface area contributed by atoms with Gasteiger partial charge in [-0.15, -0.1) is 0 Å². The number of amides is 1. The highest BCUT2D eigenvalue weighted by atomic mass is 16.5. The number of rotatable bonds is 7. The summed E-state index contributed by atoms with van der Waals surface area (Å²) in [7, 11) is 1.62. The van der Waals surface area contributed by atoms with Gasteiger partial charge in [0, 0.05) is 30.6 Å². The summed E-state index contributed by atoms with van der Waals surface area (Å²) in [5, 5.41) is 7.26. The van der Waals surface area contributed by atoms with Crippen LogP contribution >= 0.6 is 0 Å². The topological polar surface area (TPSA) is 77.8 Å². The molecule has 7 nitrogen and oxygen atoms in total. The average molecular weight is 388 g/mol. The van der Waals surface area contributed by atoms with Crippen molar-refractivity contribution in [2.24, 2.45) is 0 Å². The highest BCUT2D eigenvalue weighted by Gasteiger charge is 2.16. The van der Waals surface area contributed by atoms with Crippen molar-refractivity contribution in [2.75, 3.05) is 25.6 Å². The van der Waals surface area contributed by atoms with Gasteiger partial charge >= 0.3 is 0 Å². The summed E-state index contributed by atoms with van der Waals surface area (Å²) >= 11 is 0. The second kappa shape index (κ2) is 8.53. The highest BCUT2D eigenvalue weighted by molar-refractivity contribution is 6.08. The summed E-state index contributed by atoms with van der Waals surface area (Å²) in [4.78, 5) is 17.2. The molecule has 0 radical (unpaired) electrons. The van der Waals surface area contributed by atoms with Crippen LogP contribution in [0.25, 0.3) is 16.9 Å². The van der Waals surface area contributed by atoms with E-state index in [1.165, 1.54) is 6.20 Å². The molecule has 4 aromatic rings. The van der Waals surface area contributed by atoms with E-state index in [0.717, 1.165) is 11.3 Å².